The number of benzene rings is 3. The van der Waals surface area contributed by atoms with E-state index in [0.717, 1.165) is 26.7 Å². The van der Waals surface area contributed by atoms with Gasteiger partial charge in [0.05, 0.1) is 23.5 Å². The zero-order valence-corrected chi connectivity index (χ0v) is 21.0. The highest BCUT2D eigenvalue weighted by Crippen LogP contribution is 2.37. The first-order valence-electron chi connectivity index (χ1n) is 10.4. The number of aromatic nitrogens is 1. The number of hydrazone groups is 1. The van der Waals surface area contributed by atoms with E-state index < -0.39 is 0 Å². The lowest BCUT2D eigenvalue weighted by molar-refractivity contribution is -0.118. The van der Waals surface area contributed by atoms with Crippen molar-refractivity contribution in [3.05, 3.63) is 81.8 Å². The minimum atomic E-state index is -0.271. The fourth-order valence-electron chi connectivity index (χ4n) is 3.13. The number of rotatable bonds is 9. The van der Waals surface area contributed by atoms with Crippen LogP contribution in [0.5, 0.6) is 11.5 Å². The number of aryl methyl sites for hydroxylation is 1. The van der Waals surface area contributed by atoms with Gasteiger partial charge in [0.1, 0.15) is 12.1 Å². The molecule has 0 aliphatic rings. The zero-order chi connectivity index (χ0) is 23.9. The van der Waals surface area contributed by atoms with Gasteiger partial charge in [-0.2, -0.15) is 5.10 Å². The highest BCUT2D eigenvalue weighted by Gasteiger charge is 2.13. The molecule has 4 aromatic rings. The summed E-state index contributed by atoms with van der Waals surface area (Å²) in [5.74, 6) is 1.01. The Morgan fingerprint density at radius 1 is 1.21 bits per heavy atom. The van der Waals surface area contributed by atoms with Crippen LogP contribution in [-0.2, 0) is 11.4 Å². The van der Waals surface area contributed by atoms with E-state index in [1.54, 1.807) is 19.4 Å². The number of hydrogen-bond acceptors (Lipinski definition) is 7. The van der Waals surface area contributed by atoms with Gasteiger partial charge in [0.25, 0.3) is 11.1 Å². The number of oxazole rings is 1. The van der Waals surface area contributed by atoms with Crippen molar-refractivity contribution >= 4 is 50.9 Å². The topological polar surface area (TPSA) is 86.0 Å². The van der Waals surface area contributed by atoms with E-state index in [9.17, 15) is 4.79 Å². The van der Waals surface area contributed by atoms with Gasteiger partial charge in [-0.25, -0.2) is 10.4 Å². The van der Waals surface area contributed by atoms with Crippen molar-refractivity contribution in [2.24, 2.45) is 5.10 Å². The molecule has 174 valence electrons. The minimum absolute atomic E-state index is 0.128. The smallest absolute Gasteiger partial charge is 0.257 e. The van der Waals surface area contributed by atoms with Crippen LogP contribution < -0.4 is 14.9 Å². The van der Waals surface area contributed by atoms with Gasteiger partial charge < -0.3 is 13.9 Å². The van der Waals surface area contributed by atoms with Crippen molar-refractivity contribution in [3.8, 4) is 11.5 Å². The first kappa shape index (κ1) is 23.8. The molecule has 0 saturated carbocycles. The van der Waals surface area contributed by atoms with E-state index in [-0.39, 0.29) is 11.7 Å². The van der Waals surface area contributed by atoms with Crippen molar-refractivity contribution in [1.29, 1.82) is 0 Å². The maximum absolute atomic E-state index is 12.1. The minimum Gasteiger partial charge on any atom is -0.493 e. The van der Waals surface area contributed by atoms with Crippen molar-refractivity contribution in [2.75, 3.05) is 12.9 Å². The van der Waals surface area contributed by atoms with Crippen LogP contribution in [0, 0.1) is 6.92 Å². The third-order valence-corrected chi connectivity index (χ3v) is 6.31. The Morgan fingerprint density at radius 3 is 2.79 bits per heavy atom. The summed E-state index contributed by atoms with van der Waals surface area (Å²) in [5.41, 5.74) is 6.95. The first-order chi connectivity index (χ1) is 16.5. The predicted octanol–water partition coefficient (Wildman–Crippen LogP) is 5.73. The Labute approximate surface area is 209 Å². The van der Waals surface area contributed by atoms with Gasteiger partial charge in [-0.05, 0) is 63.8 Å². The highest BCUT2D eigenvalue weighted by molar-refractivity contribution is 9.10. The molecule has 3 aromatic carbocycles. The van der Waals surface area contributed by atoms with Crippen LogP contribution >= 0.6 is 27.7 Å². The molecule has 0 atom stereocenters. The first-order valence-corrected chi connectivity index (χ1v) is 12.2. The number of fused-ring (bicyclic) bond motifs is 1. The van der Waals surface area contributed by atoms with E-state index in [2.05, 4.69) is 31.4 Å². The Bertz CT molecular complexity index is 1310. The zero-order valence-electron chi connectivity index (χ0n) is 18.6. The van der Waals surface area contributed by atoms with E-state index >= 15 is 0 Å². The molecule has 0 fully saturated rings. The normalized spacial score (nSPS) is 11.1. The van der Waals surface area contributed by atoms with Gasteiger partial charge >= 0.3 is 0 Å². The van der Waals surface area contributed by atoms with Crippen LogP contribution in [0.15, 0.2) is 79.9 Å². The predicted molar refractivity (Wildman–Crippen MR) is 137 cm³/mol. The number of amides is 1. The summed E-state index contributed by atoms with van der Waals surface area (Å²) >= 11 is 4.75. The van der Waals surface area contributed by atoms with Gasteiger partial charge in [0.2, 0.25) is 0 Å². The lowest BCUT2D eigenvalue weighted by atomic mass is 10.1. The van der Waals surface area contributed by atoms with Crippen molar-refractivity contribution < 1.29 is 18.7 Å². The summed E-state index contributed by atoms with van der Waals surface area (Å²) in [6, 6.07) is 19.2. The summed E-state index contributed by atoms with van der Waals surface area (Å²) in [6.07, 6.45) is 1.54. The number of carbonyl (C=O) groups excluding carboxylic acids is 1. The van der Waals surface area contributed by atoms with E-state index in [0.29, 0.717) is 28.9 Å². The lowest BCUT2D eigenvalue weighted by Crippen LogP contribution is -2.19. The molecule has 9 heteroatoms. The van der Waals surface area contributed by atoms with Gasteiger partial charge in [-0.1, -0.05) is 48.2 Å². The van der Waals surface area contributed by atoms with E-state index in [1.165, 1.54) is 11.8 Å². The molecule has 1 N–H and O–H groups in total. The van der Waals surface area contributed by atoms with Gasteiger partial charge in [-0.15, -0.1) is 0 Å². The van der Waals surface area contributed by atoms with E-state index in [4.69, 9.17) is 13.9 Å². The molecule has 34 heavy (non-hydrogen) atoms. The number of para-hydroxylation sites is 2. The van der Waals surface area contributed by atoms with E-state index in [1.807, 2.05) is 61.5 Å². The Morgan fingerprint density at radius 2 is 2.00 bits per heavy atom. The number of halogens is 1. The molecule has 1 heterocycles. The molecule has 4 rings (SSSR count). The Hall–Kier alpha value is -3.30. The van der Waals surface area contributed by atoms with Crippen LogP contribution in [0.25, 0.3) is 11.1 Å². The summed E-state index contributed by atoms with van der Waals surface area (Å²) < 4.78 is 17.8. The highest BCUT2D eigenvalue weighted by atomic mass is 79.9. The molecular formula is C25H22BrN3O4S. The molecule has 0 aliphatic heterocycles. The molecule has 0 spiro atoms. The number of carbonyl (C=O) groups is 1. The summed E-state index contributed by atoms with van der Waals surface area (Å²) in [5, 5.41) is 4.48. The molecule has 0 radical (unpaired) electrons. The number of thioether (sulfide) groups is 1. The third-order valence-electron chi connectivity index (χ3n) is 4.89. The van der Waals surface area contributed by atoms with Crippen LogP contribution in [0.1, 0.15) is 16.7 Å². The average molecular weight is 540 g/mol. The average Bonchev–Trinajstić information content (AvgIpc) is 3.26. The summed E-state index contributed by atoms with van der Waals surface area (Å²) in [4.78, 5) is 16.5. The second-order valence-corrected chi connectivity index (χ2v) is 9.06. The number of nitrogens with one attached hydrogen (secondary N) is 1. The largest absolute Gasteiger partial charge is 0.493 e. The number of methoxy groups -OCH3 is 1. The SMILES string of the molecule is COc1cc(/C=N\NC(=O)CSc2nc3ccccc3o2)cc(Br)c1OCc1ccccc1C. The van der Waals surface area contributed by atoms with Crippen LogP contribution in [-0.4, -0.2) is 30.0 Å². The van der Waals surface area contributed by atoms with Crippen LogP contribution in [0.2, 0.25) is 0 Å². The summed E-state index contributed by atoms with van der Waals surface area (Å²) in [6.45, 7) is 2.47. The molecule has 1 amide bonds. The fraction of sp³-hybridized carbons (Fsp3) is 0.160. The van der Waals surface area contributed by atoms with Crippen molar-refractivity contribution in [3.63, 3.8) is 0 Å². The van der Waals surface area contributed by atoms with Crippen LogP contribution in [0.4, 0.5) is 0 Å². The third kappa shape index (κ3) is 5.98. The second kappa shape index (κ2) is 11.2. The molecule has 0 aliphatic carbocycles. The van der Waals surface area contributed by atoms with Gasteiger partial charge in [-0.3, -0.25) is 4.79 Å². The molecular weight excluding hydrogens is 518 g/mol. The Balaban J connectivity index is 1.34. The van der Waals surface area contributed by atoms with Crippen LogP contribution in [0.3, 0.4) is 0 Å². The molecule has 1 aromatic heterocycles. The van der Waals surface area contributed by atoms with Crippen molar-refractivity contribution in [2.45, 2.75) is 18.8 Å². The molecule has 0 bridgehead atoms. The molecule has 0 saturated heterocycles. The summed E-state index contributed by atoms with van der Waals surface area (Å²) in [7, 11) is 1.58. The van der Waals surface area contributed by atoms with Gasteiger partial charge in [0.15, 0.2) is 17.1 Å². The number of hydrogen-bond donors (Lipinski definition) is 1. The molecule has 7 nitrogen and oxygen atoms in total. The maximum Gasteiger partial charge on any atom is 0.257 e. The number of ether oxygens (including phenoxy) is 2. The lowest BCUT2D eigenvalue weighted by Gasteiger charge is -2.14. The quantitative estimate of drug-likeness (QED) is 0.166. The second-order valence-electron chi connectivity index (χ2n) is 7.28. The standard InChI is InChI=1S/C25H22BrN3O4S/c1-16-7-3-4-8-18(16)14-32-24-19(26)11-17(12-22(24)31-2)13-27-29-23(30)15-34-25-28-20-9-5-6-10-21(20)33-25/h3-13H,14-15H2,1-2H3,(H,29,30)/b27-13-. The molecule has 0 unspecified atom stereocenters. The maximum atomic E-state index is 12.1. The van der Waals surface area contributed by atoms with Crippen molar-refractivity contribution in [1.82, 2.24) is 10.4 Å². The Kier molecular flexibility index (Phi) is 7.87. The van der Waals surface area contributed by atoms with Gasteiger partial charge in [0, 0.05) is 0 Å². The monoisotopic (exact) mass is 539 g/mol. The number of nitrogens with zero attached hydrogens (tertiary/aromatic N) is 2. The fourth-order valence-corrected chi connectivity index (χ4v) is 4.33.